The molecular weight excluding hydrogens is 310 g/mol. The molecule has 2 aromatic rings. The van der Waals surface area contributed by atoms with Gasteiger partial charge >= 0.3 is 0 Å². The highest BCUT2D eigenvalue weighted by Crippen LogP contribution is 2.22. The summed E-state index contributed by atoms with van der Waals surface area (Å²) in [4.78, 5) is 14.0. The highest BCUT2D eigenvalue weighted by Gasteiger charge is 2.14. The Morgan fingerprint density at radius 1 is 1.29 bits per heavy atom. The molecule has 24 heavy (non-hydrogen) atoms. The van der Waals surface area contributed by atoms with Crippen LogP contribution in [0.2, 0.25) is 0 Å². The van der Waals surface area contributed by atoms with Gasteiger partial charge in [-0.05, 0) is 24.3 Å². The van der Waals surface area contributed by atoms with Crippen LogP contribution in [-0.4, -0.2) is 55.9 Å². The molecule has 1 saturated heterocycles. The predicted octanol–water partition coefficient (Wildman–Crippen LogP) is 1.30. The van der Waals surface area contributed by atoms with E-state index in [0.717, 1.165) is 30.1 Å². The van der Waals surface area contributed by atoms with Crippen molar-refractivity contribution in [1.29, 1.82) is 0 Å². The molecule has 1 aliphatic rings. The molecule has 1 fully saturated rings. The number of methoxy groups -OCH3 is 1. The Labute approximate surface area is 140 Å². The molecule has 0 unspecified atom stereocenters. The van der Waals surface area contributed by atoms with Gasteiger partial charge in [-0.3, -0.25) is 9.69 Å². The molecule has 0 bridgehead atoms. The van der Waals surface area contributed by atoms with E-state index in [9.17, 15) is 4.79 Å². The number of hydrogen-bond acceptors (Lipinski definition) is 6. The number of aromatic nitrogens is 1. The van der Waals surface area contributed by atoms with Gasteiger partial charge in [-0.1, -0.05) is 5.16 Å². The number of ether oxygens (including phenoxy) is 2. The largest absolute Gasteiger partial charge is 0.497 e. The Morgan fingerprint density at radius 3 is 2.75 bits per heavy atom. The number of carbonyl (C=O) groups is 1. The maximum Gasteiger partial charge on any atom is 0.234 e. The molecular formula is C17H21N3O4. The topological polar surface area (TPSA) is 76.8 Å². The minimum absolute atomic E-state index is 0.0284. The SMILES string of the molecule is COc1ccc(-c2cc(CNC(=O)CN3CCOCC3)on2)cc1. The molecule has 1 aromatic heterocycles. The fraction of sp³-hybridized carbons (Fsp3) is 0.412. The summed E-state index contributed by atoms with van der Waals surface area (Å²) in [5.74, 6) is 1.38. The van der Waals surface area contributed by atoms with Crippen molar-refractivity contribution in [2.75, 3.05) is 40.0 Å². The molecule has 1 aliphatic heterocycles. The van der Waals surface area contributed by atoms with Crippen LogP contribution in [0, 0.1) is 0 Å². The van der Waals surface area contributed by atoms with Crippen molar-refractivity contribution in [3.05, 3.63) is 36.1 Å². The number of nitrogens with one attached hydrogen (secondary N) is 1. The summed E-state index contributed by atoms with van der Waals surface area (Å²) in [6.45, 7) is 3.64. The molecule has 1 amide bonds. The van der Waals surface area contributed by atoms with Crippen LogP contribution in [0.5, 0.6) is 5.75 Å². The second-order valence-electron chi connectivity index (χ2n) is 5.57. The highest BCUT2D eigenvalue weighted by atomic mass is 16.5. The van der Waals surface area contributed by atoms with Gasteiger partial charge in [-0.25, -0.2) is 0 Å². The summed E-state index contributed by atoms with van der Waals surface area (Å²) in [7, 11) is 1.63. The summed E-state index contributed by atoms with van der Waals surface area (Å²) in [5.41, 5.74) is 1.67. The van der Waals surface area contributed by atoms with E-state index >= 15 is 0 Å². The first-order valence-corrected chi connectivity index (χ1v) is 7.91. The molecule has 7 heteroatoms. The van der Waals surface area contributed by atoms with Crippen molar-refractivity contribution in [2.45, 2.75) is 6.54 Å². The first kappa shape index (κ1) is 16.5. The van der Waals surface area contributed by atoms with E-state index in [4.69, 9.17) is 14.0 Å². The van der Waals surface area contributed by atoms with E-state index in [2.05, 4.69) is 15.4 Å². The van der Waals surface area contributed by atoms with Gasteiger partial charge in [-0.2, -0.15) is 0 Å². The average Bonchev–Trinajstić information content (AvgIpc) is 3.10. The Kier molecular flexibility index (Phi) is 5.45. The minimum atomic E-state index is -0.0284. The molecule has 3 rings (SSSR count). The predicted molar refractivity (Wildman–Crippen MR) is 87.6 cm³/mol. The number of amides is 1. The van der Waals surface area contributed by atoms with Crippen LogP contribution in [0.4, 0.5) is 0 Å². The monoisotopic (exact) mass is 331 g/mol. The first-order chi connectivity index (χ1) is 11.7. The number of rotatable bonds is 6. The van der Waals surface area contributed by atoms with Gasteiger partial charge in [0, 0.05) is 24.7 Å². The minimum Gasteiger partial charge on any atom is -0.497 e. The lowest BCUT2D eigenvalue weighted by Crippen LogP contribution is -2.42. The van der Waals surface area contributed by atoms with Crippen molar-refractivity contribution >= 4 is 5.91 Å². The third-order valence-corrected chi connectivity index (χ3v) is 3.88. The Bertz CT molecular complexity index is 663. The van der Waals surface area contributed by atoms with E-state index in [1.54, 1.807) is 7.11 Å². The van der Waals surface area contributed by atoms with Crippen LogP contribution in [0.25, 0.3) is 11.3 Å². The molecule has 0 saturated carbocycles. The van der Waals surface area contributed by atoms with Gasteiger partial charge in [0.25, 0.3) is 0 Å². The van der Waals surface area contributed by atoms with Crippen LogP contribution >= 0.6 is 0 Å². The lowest BCUT2D eigenvalue weighted by molar-refractivity contribution is -0.123. The molecule has 0 radical (unpaired) electrons. The highest BCUT2D eigenvalue weighted by molar-refractivity contribution is 5.78. The molecule has 0 aliphatic carbocycles. The van der Waals surface area contributed by atoms with Gasteiger partial charge in [0.15, 0.2) is 5.76 Å². The first-order valence-electron chi connectivity index (χ1n) is 7.91. The molecule has 1 aromatic carbocycles. The van der Waals surface area contributed by atoms with Gasteiger partial charge in [0.05, 0.1) is 33.4 Å². The molecule has 0 spiro atoms. The molecule has 0 atom stereocenters. The summed E-state index contributed by atoms with van der Waals surface area (Å²) in [6.07, 6.45) is 0. The van der Waals surface area contributed by atoms with Gasteiger partial charge < -0.3 is 19.3 Å². The molecule has 7 nitrogen and oxygen atoms in total. The Hall–Kier alpha value is -2.38. The summed E-state index contributed by atoms with van der Waals surface area (Å²) < 4.78 is 15.7. The summed E-state index contributed by atoms with van der Waals surface area (Å²) >= 11 is 0. The molecule has 128 valence electrons. The van der Waals surface area contributed by atoms with E-state index in [1.165, 1.54) is 0 Å². The van der Waals surface area contributed by atoms with Crippen molar-refractivity contribution in [2.24, 2.45) is 0 Å². The molecule has 1 N–H and O–H groups in total. The van der Waals surface area contributed by atoms with E-state index in [0.29, 0.717) is 32.1 Å². The van der Waals surface area contributed by atoms with E-state index in [-0.39, 0.29) is 5.91 Å². The van der Waals surface area contributed by atoms with E-state index < -0.39 is 0 Å². The number of benzene rings is 1. The maximum atomic E-state index is 12.0. The van der Waals surface area contributed by atoms with Crippen LogP contribution in [0.3, 0.4) is 0 Å². The average molecular weight is 331 g/mol. The second kappa shape index (κ2) is 7.94. The zero-order valence-corrected chi connectivity index (χ0v) is 13.7. The van der Waals surface area contributed by atoms with Gasteiger partial charge in [0.2, 0.25) is 5.91 Å². The Morgan fingerprint density at radius 2 is 2.04 bits per heavy atom. The number of carbonyl (C=O) groups excluding carboxylic acids is 1. The fourth-order valence-corrected chi connectivity index (χ4v) is 2.50. The normalized spacial score (nSPS) is 15.2. The van der Waals surface area contributed by atoms with Crippen LogP contribution in [0.1, 0.15) is 5.76 Å². The number of morpholine rings is 1. The van der Waals surface area contributed by atoms with Crippen molar-refractivity contribution in [3.63, 3.8) is 0 Å². The zero-order chi connectivity index (χ0) is 16.8. The quantitative estimate of drug-likeness (QED) is 0.860. The smallest absolute Gasteiger partial charge is 0.234 e. The van der Waals surface area contributed by atoms with Gasteiger partial charge in [-0.15, -0.1) is 0 Å². The van der Waals surface area contributed by atoms with Crippen LogP contribution in [0.15, 0.2) is 34.9 Å². The third kappa shape index (κ3) is 4.33. The maximum absolute atomic E-state index is 12.0. The van der Waals surface area contributed by atoms with Crippen LogP contribution in [-0.2, 0) is 16.1 Å². The standard InChI is InChI=1S/C17H21N3O4/c1-22-14-4-2-13(3-5-14)16-10-15(24-19-16)11-18-17(21)12-20-6-8-23-9-7-20/h2-5,10H,6-9,11-12H2,1H3,(H,18,21). The summed E-state index contributed by atoms with van der Waals surface area (Å²) in [6, 6.07) is 9.40. The lowest BCUT2D eigenvalue weighted by Gasteiger charge is -2.25. The lowest BCUT2D eigenvalue weighted by atomic mass is 10.1. The number of nitrogens with zero attached hydrogens (tertiary/aromatic N) is 2. The zero-order valence-electron chi connectivity index (χ0n) is 13.7. The Balaban J connectivity index is 1.50. The van der Waals surface area contributed by atoms with E-state index in [1.807, 2.05) is 30.3 Å². The van der Waals surface area contributed by atoms with Crippen LogP contribution < -0.4 is 10.1 Å². The third-order valence-electron chi connectivity index (χ3n) is 3.88. The second-order valence-corrected chi connectivity index (χ2v) is 5.57. The summed E-state index contributed by atoms with van der Waals surface area (Å²) in [5, 5.41) is 6.90. The van der Waals surface area contributed by atoms with Gasteiger partial charge in [0.1, 0.15) is 11.4 Å². The van der Waals surface area contributed by atoms with Crippen molar-refractivity contribution in [1.82, 2.24) is 15.4 Å². The van der Waals surface area contributed by atoms with Crippen molar-refractivity contribution in [3.8, 4) is 17.0 Å². The van der Waals surface area contributed by atoms with Crippen molar-refractivity contribution < 1.29 is 18.8 Å². The fourth-order valence-electron chi connectivity index (χ4n) is 2.50. The number of hydrogen-bond donors (Lipinski definition) is 1. The molecule has 2 heterocycles.